The number of aryl methyl sites for hydroxylation is 1. The Morgan fingerprint density at radius 1 is 1.06 bits per heavy atom. The van der Waals surface area contributed by atoms with Crippen LogP contribution in [0.1, 0.15) is 29.2 Å². The number of rotatable bonds is 11. The maximum atomic E-state index is 13.7. The molecule has 6 rings (SSSR count). The molecule has 11 nitrogen and oxygen atoms in total. The summed E-state index contributed by atoms with van der Waals surface area (Å²) in [6.45, 7) is 9.82. The van der Waals surface area contributed by atoms with Crippen LogP contribution in [0.4, 0.5) is 33.1 Å². The molecule has 2 fully saturated rings. The Kier molecular flexibility index (Phi) is 10.0. The average Bonchev–Trinajstić information content (AvgIpc) is 3.59. The van der Waals surface area contributed by atoms with Crippen molar-refractivity contribution in [2.75, 3.05) is 67.5 Å². The van der Waals surface area contributed by atoms with Gasteiger partial charge >= 0.3 is 0 Å². The zero-order valence-electron chi connectivity index (χ0n) is 27.4. The Morgan fingerprint density at radius 3 is 2.67 bits per heavy atom. The van der Waals surface area contributed by atoms with Gasteiger partial charge in [-0.15, -0.1) is 0 Å². The monoisotopic (exact) mass is 653 g/mol. The minimum absolute atomic E-state index is 0.122. The Hall–Kier alpha value is -5.20. The van der Waals surface area contributed by atoms with Crippen molar-refractivity contribution in [3.63, 3.8) is 0 Å². The van der Waals surface area contributed by atoms with E-state index in [2.05, 4.69) is 50.1 Å². The molecule has 1 amide bonds. The highest BCUT2D eigenvalue weighted by Crippen LogP contribution is 2.40. The Balaban J connectivity index is 1.23. The molecule has 0 saturated carbocycles. The van der Waals surface area contributed by atoms with Crippen LogP contribution in [0.15, 0.2) is 79.6 Å². The quantitative estimate of drug-likeness (QED) is 0.187. The second kappa shape index (κ2) is 14.7. The van der Waals surface area contributed by atoms with Crippen molar-refractivity contribution in [3.8, 4) is 11.5 Å². The van der Waals surface area contributed by atoms with Gasteiger partial charge in [0.2, 0.25) is 5.91 Å². The number of benzene rings is 3. The molecular weight excluding hydrogens is 613 g/mol. The smallest absolute Gasteiger partial charge is 0.247 e. The van der Waals surface area contributed by atoms with Crippen LogP contribution in [-0.4, -0.2) is 67.7 Å². The third-order valence-electron chi connectivity index (χ3n) is 8.53. The molecule has 3 aromatic carbocycles. The number of anilines is 5. The molecule has 1 unspecified atom stereocenters. The van der Waals surface area contributed by atoms with Gasteiger partial charge in [-0.25, -0.2) is 19.4 Å². The van der Waals surface area contributed by atoms with E-state index in [0.29, 0.717) is 35.4 Å². The van der Waals surface area contributed by atoms with Crippen molar-refractivity contribution in [1.82, 2.24) is 14.9 Å². The van der Waals surface area contributed by atoms with Gasteiger partial charge in [-0.2, -0.15) is 0 Å². The van der Waals surface area contributed by atoms with Crippen molar-refractivity contribution < 1.29 is 23.5 Å². The minimum atomic E-state index is -0.304. The maximum absolute atomic E-state index is 13.7. The number of amides is 1. The van der Waals surface area contributed by atoms with Gasteiger partial charge in [0.25, 0.3) is 0 Å². The fraction of sp³-hybridized carbons (Fsp3) is 0.306. The zero-order valence-corrected chi connectivity index (χ0v) is 27.4. The molecule has 1 aromatic heterocycles. The lowest BCUT2D eigenvalue weighted by atomic mass is 10.0. The number of hydroxylamine groups is 1. The SMILES string of the molecule is C=CC(=O)Nc1cc(Nc2cc(N3OCCC3c3ccc(C)c(OCc4cccc(F)c4)c3)ncn2)c(OC)cc1N1CCN(C)CC1. The fourth-order valence-electron chi connectivity index (χ4n) is 5.87. The molecule has 0 radical (unpaired) electrons. The van der Waals surface area contributed by atoms with Gasteiger partial charge in [0.05, 0.1) is 36.8 Å². The molecule has 2 aliphatic rings. The standard InChI is InChI=1S/C36H40FN7O4/c1-5-36(45)41-28-19-29(33(46-4)20-31(28)43-14-12-42(3)13-15-43)40-34-21-35(39-23-38-34)44-30(11-16-48-44)26-10-9-24(2)32(18-26)47-22-25-7-6-8-27(37)17-25/h5-10,17-21,23,30H,1,11-16,22H2,2-4H3,(H,41,45)(H,38,39,40). The van der Waals surface area contributed by atoms with E-state index >= 15 is 0 Å². The zero-order chi connectivity index (χ0) is 33.6. The molecule has 3 heterocycles. The van der Waals surface area contributed by atoms with Crippen LogP contribution < -0.4 is 30.1 Å². The molecule has 12 heteroatoms. The number of nitrogens with one attached hydrogen (secondary N) is 2. The van der Waals surface area contributed by atoms with Crippen molar-refractivity contribution in [2.24, 2.45) is 0 Å². The number of ether oxygens (including phenoxy) is 2. The average molecular weight is 654 g/mol. The van der Waals surface area contributed by atoms with Gasteiger partial charge in [0.1, 0.15) is 36.1 Å². The number of carbonyl (C=O) groups excluding carboxylic acids is 1. The predicted molar refractivity (Wildman–Crippen MR) is 185 cm³/mol. The predicted octanol–water partition coefficient (Wildman–Crippen LogP) is 6.01. The Bertz CT molecular complexity index is 1780. The van der Waals surface area contributed by atoms with E-state index in [-0.39, 0.29) is 24.4 Å². The largest absolute Gasteiger partial charge is 0.494 e. The summed E-state index contributed by atoms with van der Waals surface area (Å²) in [6, 6.07) is 18.0. The van der Waals surface area contributed by atoms with E-state index < -0.39 is 0 Å². The van der Waals surface area contributed by atoms with E-state index in [4.69, 9.17) is 14.3 Å². The van der Waals surface area contributed by atoms with Crippen LogP contribution in [-0.2, 0) is 16.2 Å². The van der Waals surface area contributed by atoms with Crippen LogP contribution in [0.2, 0.25) is 0 Å². The van der Waals surface area contributed by atoms with Crippen LogP contribution in [0.25, 0.3) is 0 Å². The molecular formula is C36H40FN7O4. The second-order valence-electron chi connectivity index (χ2n) is 11.8. The van der Waals surface area contributed by atoms with Gasteiger partial charge in [0.15, 0.2) is 5.82 Å². The number of carbonyl (C=O) groups is 1. The number of hydrogen-bond acceptors (Lipinski definition) is 10. The molecule has 4 aromatic rings. The highest BCUT2D eigenvalue weighted by atomic mass is 19.1. The highest BCUT2D eigenvalue weighted by Gasteiger charge is 2.30. The second-order valence-corrected chi connectivity index (χ2v) is 11.8. The lowest BCUT2D eigenvalue weighted by molar-refractivity contribution is -0.111. The summed E-state index contributed by atoms with van der Waals surface area (Å²) in [6.07, 6.45) is 3.47. The van der Waals surface area contributed by atoms with Gasteiger partial charge < -0.3 is 29.9 Å². The number of nitrogens with zero attached hydrogens (tertiary/aromatic N) is 5. The normalized spacial score (nSPS) is 16.5. The summed E-state index contributed by atoms with van der Waals surface area (Å²) >= 11 is 0. The highest BCUT2D eigenvalue weighted by molar-refractivity contribution is 6.02. The number of methoxy groups -OCH3 is 1. The summed E-state index contributed by atoms with van der Waals surface area (Å²) in [5.74, 6) is 1.82. The molecule has 48 heavy (non-hydrogen) atoms. The molecule has 2 aliphatic heterocycles. The fourth-order valence-corrected chi connectivity index (χ4v) is 5.87. The summed E-state index contributed by atoms with van der Waals surface area (Å²) in [5.41, 5.74) is 4.87. The van der Waals surface area contributed by atoms with E-state index in [1.54, 1.807) is 18.2 Å². The van der Waals surface area contributed by atoms with Crippen molar-refractivity contribution >= 4 is 34.6 Å². The van der Waals surface area contributed by atoms with E-state index in [1.165, 1.54) is 24.5 Å². The van der Waals surface area contributed by atoms with E-state index in [0.717, 1.165) is 60.7 Å². The van der Waals surface area contributed by atoms with Crippen LogP contribution in [0, 0.1) is 12.7 Å². The summed E-state index contributed by atoms with van der Waals surface area (Å²) in [7, 11) is 3.71. The number of piperazine rings is 1. The topological polar surface area (TPSA) is 104 Å². The van der Waals surface area contributed by atoms with Crippen molar-refractivity contribution in [1.29, 1.82) is 0 Å². The number of halogens is 1. The first kappa shape index (κ1) is 32.7. The van der Waals surface area contributed by atoms with Crippen molar-refractivity contribution in [3.05, 3.63) is 102 Å². The Morgan fingerprint density at radius 2 is 1.90 bits per heavy atom. The molecule has 0 bridgehead atoms. The molecule has 0 spiro atoms. The third kappa shape index (κ3) is 7.50. The molecule has 1 atom stereocenters. The molecule has 250 valence electrons. The summed E-state index contributed by atoms with van der Waals surface area (Å²) in [4.78, 5) is 32.0. The van der Waals surface area contributed by atoms with Gasteiger partial charge in [-0.1, -0.05) is 30.8 Å². The third-order valence-corrected chi connectivity index (χ3v) is 8.53. The Labute approximate surface area is 279 Å². The van der Waals surface area contributed by atoms with Crippen LogP contribution in [0.5, 0.6) is 11.5 Å². The first-order chi connectivity index (χ1) is 23.3. The first-order valence-corrected chi connectivity index (χ1v) is 15.9. The van der Waals surface area contributed by atoms with Gasteiger partial charge in [0, 0.05) is 44.7 Å². The van der Waals surface area contributed by atoms with E-state index in [9.17, 15) is 9.18 Å². The first-order valence-electron chi connectivity index (χ1n) is 15.9. The lowest BCUT2D eigenvalue weighted by Crippen LogP contribution is -2.44. The van der Waals surface area contributed by atoms with Gasteiger partial charge in [-0.05, 0) is 61.0 Å². The maximum Gasteiger partial charge on any atom is 0.247 e. The molecule has 2 N–H and O–H groups in total. The molecule has 2 saturated heterocycles. The number of aromatic nitrogens is 2. The minimum Gasteiger partial charge on any atom is -0.494 e. The van der Waals surface area contributed by atoms with Gasteiger partial charge in [-0.3, -0.25) is 9.63 Å². The van der Waals surface area contributed by atoms with E-state index in [1.807, 2.05) is 43.3 Å². The lowest BCUT2D eigenvalue weighted by Gasteiger charge is -2.35. The van der Waals surface area contributed by atoms with Crippen molar-refractivity contribution in [2.45, 2.75) is 26.0 Å². The number of likely N-dealkylation sites (N-methyl/N-ethyl adjacent to an activating group) is 1. The number of hydrogen-bond donors (Lipinski definition) is 2. The summed E-state index contributed by atoms with van der Waals surface area (Å²) < 4.78 is 25.6. The van der Waals surface area contributed by atoms with Crippen LogP contribution >= 0.6 is 0 Å². The summed E-state index contributed by atoms with van der Waals surface area (Å²) in [5, 5.41) is 8.10. The van der Waals surface area contributed by atoms with Crippen LogP contribution in [0.3, 0.4) is 0 Å². The molecule has 0 aliphatic carbocycles.